The van der Waals surface area contributed by atoms with E-state index < -0.39 is 0 Å². The zero-order valence-electron chi connectivity index (χ0n) is 9.02. The monoisotopic (exact) mass is 240 g/mol. The van der Waals surface area contributed by atoms with Crippen LogP contribution in [0.4, 0.5) is 0 Å². The molecule has 0 radical (unpaired) electrons. The Bertz CT molecular complexity index is 376. The van der Waals surface area contributed by atoms with Crippen LogP contribution in [0.1, 0.15) is 12.8 Å². The van der Waals surface area contributed by atoms with Crippen molar-refractivity contribution in [1.29, 1.82) is 0 Å². The fraction of sp³-hybridized carbons (Fsp3) is 0.455. The van der Waals surface area contributed by atoms with Gasteiger partial charge in [-0.05, 0) is 25.0 Å². The van der Waals surface area contributed by atoms with E-state index in [9.17, 15) is 4.79 Å². The summed E-state index contributed by atoms with van der Waals surface area (Å²) >= 11 is 5.63. The summed E-state index contributed by atoms with van der Waals surface area (Å²) in [6.45, 7) is 0.0519. The summed E-state index contributed by atoms with van der Waals surface area (Å²) in [5.41, 5.74) is 0. The Morgan fingerprint density at radius 1 is 1.62 bits per heavy atom. The Labute approximate surface area is 99.2 Å². The number of nitrogens with zero attached hydrogens (tertiary/aromatic N) is 2. The van der Waals surface area contributed by atoms with Crippen molar-refractivity contribution in [2.75, 3.05) is 13.7 Å². The summed E-state index contributed by atoms with van der Waals surface area (Å²) in [6, 6.07) is 3.74. The summed E-state index contributed by atoms with van der Waals surface area (Å²) in [7, 11) is 1.81. The third-order valence-electron chi connectivity index (χ3n) is 2.55. The molecule has 4 nitrogen and oxygen atoms in total. The molecular weight excluding hydrogens is 228 g/mol. The number of hydrogen-bond acceptors (Lipinski definition) is 3. The third-order valence-corrected chi connectivity index (χ3v) is 2.77. The minimum Gasteiger partial charge on any atom is -0.482 e. The zero-order chi connectivity index (χ0) is 11.5. The van der Waals surface area contributed by atoms with Crippen LogP contribution in [-0.4, -0.2) is 35.5 Å². The van der Waals surface area contributed by atoms with Crippen LogP contribution < -0.4 is 4.74 Å². The van der Waals surface area contributed by atoms with Gasteiger partial charge in [-0.15, -0.1) is 0 Å². The van der Waals surface area contributed by atoms with Gasteiger partial charge in [0.05, 0.1) is 6.20 Å². The Balaban J connectivity index is 1.82. The number of amides is 1. The van der Waals surface area contributed by atoms with E-state index in [1.165, 1.54) is 6.20 Å². The minimum atomic E-state index is -0.00236. The number of carbonyl (C=O) groups is 1. The van der Waals surface area contributed by atoms with Crippen LogP contribution in [0.3, 0.4) is 0 Å². The molecule has 16 heavy (non-hydrogen) atoms. The van der Waals surface area contributed by atoms with Crippen LogP contribution in [0.2, 0.25) is 5.15 Å². The topological polar surface area (TPSA) is 42.4 Å². The molecule has 0 bridgehead atoms. The molecule has 1 heterocycles. The van der Waals surface area contributed by atoms with Crippen molar-refractivity contribution in [2.45, 2.75) is 18.9 Å². The fourth-order valence-corrected chi connectivity index (χ4v) is 1.47. The quantitative estimate of drug-likeness (QED) is 0.753. The van der Waals surface area contributed by atoms with Gasteiger partial charge in [0.1, 0.15) is 10.9 Å². The van der Waals surface area contributed by atoms with Gasteiger partial charge in [0.25, 0.3) is 5.91 Å². The summed E-state index contributed by atoms with van der Waals surface area (Å²) in [6.07, 6.45) is 3.71. The van der Waals surface area contributed by atoms with Crippen molar-refractivity contribution in [3.8, 4) is 5.75 Å². The number of ether oxygens (including phenoxy) is 1. The van der Waals surface area contributed by atoms with Gasteiger partial charge >= 0.3 is 0 Å². The predicted molar refractivity (Wildman–Crippen MR) is 60.5 cm³/mol. The smallest absolute Gasteiger partial charge is 0.260 e. The second-order valence-corrected chi connectivity index (χ2v) is 4.23. The SMILES string of the molecule is CN(C(=O)COc1ccc(Cl)nc1)C1CC1. The summed E-state index contributed by atoms with van der Waals surface area (Å²) in [5.74, 6) is 0.555. The summed E-state index contributed by atoms with van der Waals surface area (Å²) in [4.78, 5) is 17.2. The Morgan fingerprint density at radius 2 is 2.38 bits per heavy atom. The van der Waals surface area contributed by atoms with Gasteiger partial charge in [0, 0.05) is 13.1 Å². The first kappa shape index (κ1) is 11.2. The predicted octanol–water partition coefficient (Wildman–Crippen LogP) is 1.73. The molecular formula is C11H13ClN2O2. The zero-order valence-corrected chi connectivity index (χ0v) is 9.78. The van der Waals surface area contributed by atoms with Crippen LogP contribution in [0.5, 0.6) is 5.75 Å². The Morgan fingerprint density at radius 3 is 2.94 bits per heavy atom. The maximum absolute atomic E-state index is 11.6. The Kier molecular flexibility index (Phi) is 3.29. The lowest BCUT2D eigenvalue weighted by atomic mass is 10.4. The number of pyridine rings is 1. The Hall–Kier alpha value is -1.29. The molecule has 0 spiro atoms. The van der Waals surface area contributed by atoms with Crippen molar-refractivity contribution < 1.29 is 9.53 Å². The first-order chi connectivity index (χ1) is 7.66. The number of halogens is 1. The first-order valence-corrected chi connectivity index (χ1v) is 5.54. The molecule has 2 rings (SSSR count). The number of carbonyl (C=O) groups excluding carboxylic acids is 1. The molecule has 0 aromatic carbocycles. The van der Waals surface area contributed by atoms with Gasteiger partial charge in [0.2, 0.25) is 0 Å². The second kappa shape index (κ2) is 4.70. The standard InChI is InChI=1S/C11H13ClN2O2/c1-14(8-2-3-8)11(15)7-16-9-4-5-10(12)13-6-9/h4-6,8H,2-3,7H2,1H3. The summed E-state index contributed by atoms with van der Waals surface area (Å²) < 4.78 is 5.31. The molecule has 1 aromatic rings. The fourth-order valence-electron chi connectivity index (χ4n) is 1.36. The van der Waals surface area contributed by atoms with Gasteiger partial charge in [0.15, 0.2) is 6.61 Å². The van der Waals surface area contributed by atoms with Crippen LogP contribution in [0.15, 0.2) is 18.3 Å². The number of rotatable bonds is 4. The molecule has 5 heteroatoms. The van der Waals surface area contributed by atoms with E-state index in [0.717, 1.165) is 12.8 Å². The first-order valence-electron chi connectivity index (χ1n) is 5.17. The number of hydrogen-bond donors (Lipinski definition) is 0. The van der Waals surface area contributed by atoms with Crippen molar-refractivity contribution in [3.05, 3.63) is 23.5 Å². The summed E-state index contributed by atoms with van der Waals surface area (Å²) in [5, 5.41) is 0.411. The molecule has 1 saturated carbocycles. The molecule has 0 atom stereocenters. The highest BCUT2D eigenvalue weighted by molar-refractivity contribution is 6.29. The molecule has 1 fully saturated rings. The number of likely N-dealkylation sites (N-methyl/N-ethyl adjacent to an activating group) is 1. The van der Waals surface area contributed by atoms with Gasteiger partial charge in [-0.1, -0.05) is 11.6 Å². The van der Waals surface area contributed by atoms with Crippen LogP contribution in [-0.2, 0) is 4.79 Å². The van der Waals surface area contributed by atoms with Crippen LogP contribution in [0.25, 0.3) is 0 Å². The average molecular weight is 241 g/mol. The maximum Gasteiger partial charge on any atom is 0.260 e. The van der Waals surface area contributed by atoms with Gasteiger partial charge in [-0.3, -0.25) is 4.79 Å². The highest BCUT2D eigenvalue weighted by atomic mass is 35.5. The minimum absolute atomic E-state index is 0.00236. The highest BCUT2D eigenvalue weighted by Crippen LogP contribution is 2.25. The molecule has 0 aliphatic heterocycles. The largest absolute Gasteiger partial charge is 0.482 e. The van der Waals surface area contributed by atoms with Crippen LogP contribution in [0, 0.1) is 0 Å². The molecule has 0 saturated heterocycles. The van der Waals surface area contributed by atoms with Crippen molar-refractivity contribution >= 4 is 17.5 Å². The third kappa shape index (κ3) is 2.85. The van der Waals surface area contributed by atoms with Crippen LogP contribution >= 0.6 is 11.6 Å². The van der Waals surface area contributed by atoms with Gasteiger partial charge in [-0.25, -0.2) is 4.98 Å². The molecule has 1 amide bonds. The van der Waals surface area contributed by atoms with E-state index in [4.69, 9.17) is 16.3 Å². The van der Waals surface area contributed by atoms with E-state index in [2.05, 4.69) is 4.98 Å². The molecule has 0 unspecified atom stereocenters. The lowest BCUT2D eigenvalue weighted by Crippen LogP contribution is -2.33. The lowest BCUT2D eigenvalue weighted by Gasteiger charge is -2.16. The normalized spacial score (nSPS) is 14.6. The molecule has 1 aliphatic rings. The van der Waals surface area contributed by atoms with E-state index in [0.29, 0.717) is 16.9 Å². The lowest BCUT2D eigenvalue weighted by molar-refractivity contribution is -0.132. The van der Waals surface area contributed by atoms with Gasteiger partial charge < -0.3 is 9.64 Å². The molecule has 0 N–H and O–H groups in total. The molecule has 1 aromatic heterocycles. The second-order valence-electron chi connectivity index (χ2n) is 3.84. The molecule has 1 aliphatic carbocycles. The van der Waals surface area contributed by atoms with E-state index in [1.807, 2.05) is 7.05 Å². The van der Waals surface area contributed by atoms with Crippen molar-refractivity contribution in [3.63, 3.8) is 0 Å². The van der Waals surface area contributed by atoms with E-state index >= 15 is 0 Å². The van der Waals surface area contributed by atoms with E-state index in [1.54, 1.807) is 17.0 Å². The van der Waals surface area contributed by atoms with Gasteiger partial charge in [-0.2, -0.15) is 0 Å². The molecule has 86 valence electrons. The number of aromatic nitrogens is 1. The maximum atomic E-state index is 11.6. The van der Waals surface area contributed by atoms with Crippen molar-refractivity contribution in [2.24, 2.45) is 0 Å². The van der Waals surface area contributed by atoms with E-state index in [-0.39, 0.29) is 12.5 Å². The average Bonchev–Trinajstić information content (AvgIpc) is 3.11. The van der Waals surface area contributed by atoms with Crippen molar-refractivity contribution in [1.82, 2.24) is 9.88 Å². The highest BCUT2D eigenvalue weighted by Gasteiger charge is 2.29.